The average Bonchev–Trinajstić information content (AvgIpc) is 3.08. The summed E-state index contributed by atoms with van der Waals surface area (Å²) < 4.78 is 5.17. The number of thiazole rings is 1. The van der Waals surface area contributed by atoms with Crippen LogP contribution in [-0.2, 0) is 0 Å². The molecule has 1 aromatic heterocycles. The van der Waals surface area contributed by atoms with Crippen molar-refractivity contribution < 1.29 is 9.53 Å². The third-order valence-electron chi connectivity index (χ3n) is 3.60. The second kappa shape index (κ2) is 6.62. The van der Waals surface area contributed by atoms with Crippen LogP contribution in [0.3, 0.4) is 0 Å². The highest BCUT2D eigenvalue weighted by Crippen LogP contribution is 2.24. The first-order chi connectivity index (χ1) is 10.8. The van der Waals surface area contributed by atoms with Crippen LogP contribution in [0.15, 0.2) is 41.9 Å². The van der Waals surface area contributed by atoms with Gasteiger partial charge in [0, 0.05) is 24.7 Å². The zero-order chi connectivity index (χ0) is 15.4. The third-order valence-corrected chi connectivity index (χ3v) is 4.29. The molecule has 0 fully saturated rings. The number of carbonyl (C=O) groups is 1. The third kappa shape index (κ3) is 3.28. The largest absolute Gasteiger partial charge is 0.497 e. The average molecular weight is 315 g/mol. The number of hydrogen-bond acceptors (Lipinski definition) is 4. The number of aromatic nitrogens is 1. The van der Waals surface area contributed by atoms with Gasteiger partial charge in [-0.15, -0.1) is 11.3 Å². The Morgan fingerprint density at radius 3 is 2.77 bits per heavy atom. The molecule has 0 unspecified atom stereocenters. The minimum absolute atomic E-state index is 0.0972. The number of nitrogens with one attached hydrogen (secondary N) is 1. The number of amides is 2. The number of urea groups is 1. The molecule has 0 radical (unpaired) electrons. The van der Waals surface area contributed by atoms with Crippen LogP contribution in [-0.4, -0.2) is 36.1 Å². The highest BCUT2D eigenvalue weighted by Gasteiger charge is 2.18. The van der Waals surface area contributed by atoms with Crippen LogP contribution in [0.4, 0.5) is 9.93 Å². The van der Waals surface area contributed by atoms with E-state index in [0.717, 1.165) is 12.2 Å². The summed E-state index contributed by atoms with van der Waals surface area (Å²) >= 11 is 1.42. The number of anilines is 1. The predicted molar refractivity (Wildman–Crippen MR) is 88.3 cm³/mol. The van der Waals surface area contributed by atoms with Gasteiger partial charge < -0.3 is 9.64 Å². The van der Waals surface area contributed by atoms with Crippen LogP contribution < -0.4 is 10.1 Å². The van der Waals surface area contributed by atoms with Crippen LogP contribution in [0.1, 0.15) is 12.0 Å². The van der Waals surface area contributed by atoms with E-state index in [1.54, 1.807) is 18.2 Å². The van der Waals surface area contributed by atoms with Crippen LogP contribution in [0.25, 0.3) is 5.57 Å². The van der Waals surface area contributed by atoms with Crippen LogP contribution in [0, 0.1) is 0 Å². The van der Waals surface area contributed by atoms with Gasteiger partial charge in [0.25, 0.3) is 0 Å². The van der Waals surface area contributed by atoms with E-state index in [9.17, 15) is 4.79 Å². The summed E-state index contributed by atoms with van der Waals surface area (Å²) in [6.07, 6.45) is 4.63. The minimum atomic E-state index is -0.0972. The molecule has 114 valence electrons. The Kier molecular flexibility index (Phi) is 4.39. The molecule has 6 heteroatoms. The molecule has 0 saturated carbocycles. The lowest BCUT2D eigenvalue weighted by Crippen LogP contribution is -2.37. The second-order valence-electron chi connectivity index (χ2n) is 4.92. The molecule has 0 saturated heterocycles. The molecule has 0 bridgehead atoms. The van der Waals surface area contributed by atoms with Crippen molar-refractivity contribution in [3.05, 3.63) is 47.5 Å². The molecule has 1 N–H and O–H groups in total. The van der Waals surface area contributed by atoms with Crippen molar-refractivity contribution in [2.45, 2.75) is 6.42 Å². The van der Waals surface area contributed by atoms with Crippen molar-refractivity contribution in [1.29, 1.82) is 0 Å². The van der Waals surface area contributed by atoms with Gasteiger partial charge in [-0.1, -0.05) is 18.2 Å². The number of rotatable bonds is 3. The first kappa shape index (κ1) is 14.6. The Morgan fingerprint density at radius 2 is 2.18 bits per heavy atom. The zero-order valence-electron chi connectivity index (χ0n) is 12.3. The topological polar surface area (TPSA) is 54.5 Å². The van der Waals surface area contributed by atoms with Crippen molar-refractivity contribution in [3.8, 4) is 5.75 Å². The monoisotopic (exact) mass is 315 g/mol. The normalized spacial score (nSPS) is 14.4. The summed E-state index contributed by atoms with van der Waals surface area (Å²) in [5.74, 6) is 0.851. The molecule has 1 aliphatic heterocycles. The van der Waals surface area contributed by atoms with E-state index in [4.69, 9.17) is 4.74 Å². The molecule has 0 aliphatic carbocycles. The lowest BCUT2D eigenvalue weighted by atomic mass is 9.99. The maximum absolute atomic E-state index is 12.1. The fourth-order valence-electron chi connectivity index (χ4n) is 2.38. The van der Waals surface area contributed by atoms with Crippen LogP contribution in [0.2, 0.25) is 0 Å². The Balaban J connectivity index is 1.62. The standard InChI is InChI=1S/C16H17N3O2S/c1-21-14-4-2-12(3-5-14)13-6-9-19(10-7-13)16(20)18-15-17-8-11-22-15/h2-6,8,11H,7,9-10H2,1H3,(H,17,18,20). The Bertz CT molecular complexity index is 665. The number of nitrogens with zero attached hydrogens (tertiary/aromatic N) is 2. The molecule has 22 heavy (non-hydrogen) atoms. The van der Waals surface area contributed by atoms with Gasteiger partial charge in [0.05, 0.1) is 7.11 Å². The molecule has 0 spiro atoms. The Labute approximate surface area is 133 Å². The SMILES string of the molecule is COc1ccc(C2=CCN(C(=O)Nc3nccs3)CC2)cc1. The first-order valence-electron chi connectivity index (χ1n) is 7.05. The first-order valence-corrected chi connectivity index (χ1v) is 7.93. The maximum Gasteiger partial charge on any atom is 0.323 e. The van der Waals surface area contributed by atoms with Gasteiger partial charge in [-0.05, 0) is 29.7 Å². The van der Waals surface area contributed by atoms with Gasteiger partial charge in [0.2, 0.25) is 0 Å². The highest BCUT2D eigenvalue weighted by molar-refractivity contribution is 7.13. The number of benzene rings is 1. The molecule has 0 atom stereocenters. The van der Waals surface area contributed by atoms with Crippen molar-refractivity contribution >= 4 is 28.1 Å². The molecule has 3 rings (SSSR count). The maximum atomic E-state index is 12.1. The lowest BCUT2D eigenvalue weighted by Gasteiger charge is -2.26. The van der Waals surface area contributed by atoms with Gasteiger partial charge in [-0.2, -0.15) is 0 Å². The van der Waals surface area contributed by atoms with E-state index in [0.29, 0.717) is 18.2 Å². The van der Waals surface area contributed by atoms with Gasteiger partial charge in [0.1, 0.15) is 5.75 Å². The predicted octanol–water partition coefficient (Wildman–Crippen LogP) is 3.47. The summed E-state index contributed by atoms with van der Waals surface area (Å²) in [5.41, 5.74) is 2.45. The van der Waals surface area contributed by atoms with Gasteiger partial charge in [-0.25, -0.2) is 9.78 Å². The molecule has 2 heterocycles. The lowest BCUT2D eigenvalue weighted by molar-refractivity contribution is 0.217. The van der Waals surface area contributed by atoms with Crippen molar-refractivity contribution in [1.82, 2.24) is 9.88 Å². The Hall–Kier alpha value is -2.34. The summed E-state index contributed by atoms with van der Waals surface area (Å²) in [6.45, 7) is 1.31. The van der Waals surface area contributed by atoms with E-state index in [-0.39, 0.29) is 6.03 Å². The minimum Gasteiger partial charge on any atom is -0.497 e. The molecule has 1 aromatic carbocycles. The number of methoxy groups -OCH3 is 1. The highest BCUT2D eigenvalue weighted by atomic mass is 32.1. The number of carbonyl (C=O) groups excluding carboxylic acids is 1. The quantitative estimate of drug-likeness (QED) is 0.943. The molecular formula is C16H17N3O2S. The van der Waals surface area contributed by atoms with Crippen molar-refractivity contribution in [2.24, 2.45) is 0 Å². The summed E-state index contributed by atoms with van der Waals surface area (Å²) in [4.78, 5) is 18.0. The molecular weight excluding hydrogens is 298 g/mol. The van der Waals surface area contributed by atoms with E-state index in [2.05, 4.69) is 28.5 Å². The summed E-state index contributed by atoms with van der Waals surface area (Å²) in [7, 11) is 1.66. The van der Waals surface area contributed by atoms with E-state index in [1.165, 1.54) is 22.5 Å². The smallest absolute Gasteiger partial charge is 0.323 e. The van der Waals surface area contributed by atoms with Gasteiger partial charge in [-0.3, -0.25) is 5.32 Å². The fraction of sp³-hybridized carbons (Fsp3) is 0.250. The van der Waals surface area contributed by atoms with E-state index in [1.807, 2.05) is 17.5 Å². The van der Waals surface area contributed by atoms with Crippen molar-refractivity contribution in [2.75, 3.05) is 25.5 Å². The molecule has 1 aliphatic rings. The molecule has 2 amide bonds. The Morgan fingerprint density at radius 1 is 1.36 bits per heavy atom. The van der Waals surface area contributed by atoms with E-state index >= 15 is 0 Å². The number of hydrogen-bond donors (Lipinski definition) is 1. The van der Waals surface area contributed by atoms with Crippen molar-refractivity contribution in [3.63, 3.8) is 0 Å². The fourth-order valence-corrected chi connectivity index (χ4v) is 2.90. The van der Waals surface area contributed by atoms with Crippen LogP contribution in [0.5, 0.6) is 5.75 Å². The summed E-state index contributed by atoms with van der Waals surface area (Å²) in [5, 5.41) is 5.28. The van der Waals surface area contributed by atoms with E-state index < -0.39 is 0 Å². The zero-order valence-corrected chi connectivity index (χ0v) is 13.1. The van der Waals surface area contributed by atoms with Gasteiger partial charge in [0.15, 0.2) is 5.13 Å². The molecule has 5 nitrogen and oxygen atoms in total. The number of ether oxygens (including phenoxy) is 1. The molecule has 2 aromatic rings. The second-order valence-corrected chi connectivity index (χ2v) is 5.82. The van der Waals surface area contributed by atoms with Gasteiger partial charge >= 0.3 is 6.03 Å². The van der Waals surface area contributed by atoms with Crippen LogP contribution >= 0.6 is 11.3 Å². The summed E-state index contributed by atoms with van der Waals surface area (Å²) in [6, 6.07) is 7.92.